The van der Waals surface area contributed by atoms with Crippen LogP contribution in [0.1, 0.15) is 29.2 Å². The Morgan fingerprint density at radius 2 is 2.00 bits per heavy atom. The average molecular weight is 175 g/mol. The summed E-state index contributed by atoms with van der Waals surface area (Å²) in [6, 6.07) is 4.47. The van der Waals surface area contributed by atoms with Crippen LogP contribution in [0.4, 0.5) is 0 Å². The van der Waals surface area contributed by atoms with Crippen LogP contribution >= 0.6 is 0 Å². The fraction of sp³-hybridized carbons (Fsp3) is 0.417. The number of benzene rings is 1. The Kier molecular flexibility index (Phi) is 3.24. The zero-order chi connectivity index (χ0) is 9.84. The third kappa shape index (κ3) is 2.18. The highest BCUT2D eigenvalue weighted by molar-refractivity contribution is 5.82. The lowest BCUT2D eigenvalue weighted by atomic mass is 9.99. The Labute approximate surface area is 80.5 Å². The highest BCUT2D eigenvalue weighted by Crippen LogP contribution is 2.15. The van der Waals surface area contributed by atoms with Gasteiger partial charge in [0.2, 0.25) is 0 Å². The molecule has 0 radical (unpaired) electrons. The Morgan fingerprint density at radius 1 is 1.31 bits per heavy atom. The molecule has 0 heterocycles. The van der Waals surface area contributed by atoms with Crippen LogP contribution in [-0.4, -0.2) is 13.3 Å². The average Bonchev–Trinajstić information content (AvgIpc) is 2.13. The fourth-order valence-corrected chi connectivity index (χ4v) is 1.44. The third-order valence-corrected chi connectivity index (χ3v) is 2.44. The number of hydrogen-bond acceptors (Lipinski definition) is 1. The maximum atomic E-state index is 4.06. The molecule has 0 aliphatic heterocycles. The molecule has 0 amide bonds. The van der Waals surface area contributed by atoms with Crippen LogP contribution < -0.4 is 0 Å². The van der Waals surface area contributed by atoms with Crippen molar-refractivity contribution in [2.45, 2.75) is 27.2 Å². The zero-order valence-corrected chi connectivity index (χ0v) is 8.89. The zero-order valence-electron chi connectivity index (χ0n) is 8.89. The molecule has 1 nitrogen and oxygen atoms in total. The molecule has 1 aromatic rings. The van der Waals surface area contributed by atoms with Crippen LogP contribution in [0.3, 0.4) is 0 Å². The van der Waals surface area contributed by atoms with Gasteiger partial charge in [-0.05, 0) is 48.6 Å². The maximum Gasteiger partial charge on any atom is 0.0284 e. The van der Waals surface area contributed by atoms with Crippen LogP contribution in [0.2, 0.25) is 0 Å². The maximum absolute atomic E-state index is 4.06. The van der Waals surface area contributed by atoms with Crippen molar-refractivity contribution in [3.8, 4) is 0 Å². The smallest absolute Gasteiger partial charge is 0.0284 e. The second-order valence-electron chi connectivity index (χ2n) is 3.37. The van der Waals surface area contributed by atoms with Crippen LogP contribution in [0.15, 0.2) is 17.1 Å². The Balaban J connectivity index is 3.24. The van der Waals surface area contributed by atoms with Gasteiger partial charge in [-0.25, -0.2) is 0 Å². The summed E-state index contributed by atoms with van der Waals surface area (Å²) in [7, 11) is 1.81. The molecule has 0 N–H and O–H groups in total. The fourth-order valence-electron chi connectivity index (χ4n) is 1.44. The van der Waals surface area contributed by atoms with Crippen LogP contribution in [0.5, 0.6) is 0 Å². The van der Waals surface area contributed by atoms with Gasteiger partial charge in [0.05, 0.1) is 0 Å². The van der Waals surface area contributed by atoms with Crippen molar-refractivity contribution < 1.29 is 0 Å². The van der Waals surface area contributed by atoms with Crippen LogP contribution in [0, 0.1) is 13.8 Å². The number of aliphatic imine (C=N–C) groups is 1. The second-order valence-corrected chi connectivity index (χ2v) is 3.37. The molecule has 0 bridgehead atoms. The standard InChI is InChI=1S/C12H17N/c1-5-11-6-9(2)10(3)12(7-11)8-13-4/h6-8H,5H2,1-4H3/b13-8-. The molecule has 0 atom stereocenters. The van der Waals surface area contributed by atoms with Gasteiger partial charge in [0.25, 0.3) is 0 Å². The van der Waals surface area contributed by atoms with E-state index in [1.807, 2.05) is 13.3 Å². The minimum Gasteiger partial charge on any atom is -0.296 e. The molecular formula is C12H17N. The Hall–Kier alpha value is -1.11. The molecule has 0 aliphatic rings. The van der Waals surface area contributed by atoms with Gasteiger partial charge in [0, 0.05) is 13.3 Å². The number of nitrogens with zero attached hydrogens (tertiary/aromatic N) is 1. The van der Waals surface area contributed by atoms with E-state index in [-0.39, 0.29) is 0 Å². The van der Waals surface area contributed by atoms with E-state index in [1.54, 1.807) is 0 Å². The highest BCUT2D eigenvalue weighted by Gasteiger charge is 2.00. The van der Waals surface area contributed by atoms with Crippen molar-refractivity contribution in [2.24, 2.45) is 4.99 Å². The lowest BCUT2D eigenvalue weighted by Crippen LogP contribution is -1.94. The predicted octanol–water partition coefficient (Wildman–Crippen LogP) is 2.91. The van der Waals surface area contributed by atoms with Gasteiger partial charge in [0.1, 0.15) is 0 Å². The van der Waals surface area contributed by atoms with E-state index in [4.69, 9.17) is 0 Å². The summed E-state index contributed by atoms with van der Waals surface area (Å²) < 4.78 is 0. The van der Waals surface area contributed by atoms with E-state index in [9.17, 15) is 0 Å². The first-order valence-electron chi connectivity index (χ1n) is 4.71. The van der Waals surface area contributed by atoms with Crippen LogP contribution in [0.25, 0.3) is 0 Å². The predicted molar refractivity (Wildman–Crippen MR) is 58.8 cm³/mol. The van der Waals surface area contributed by atoms with Gasteiger partial charge < -0.3 is 0 Å². The lowest BCUT2D eigenvalue weighted by Gasteiger charge is -2.07. The quantitative estimate of drug-likeness (QED) is 0.613. The van der Waals surface area contributed by atoms with E-state index < -0.39 is 0 Å². The molecule has 13 heavy (non-hydrogen) atoms. The van der Waals surface area contributed by atoms with Crippen molar-refractivity contribution >= 4 is 6.21 Å². The van der Waals surface area contributed by atoms with E-state index in [1.165, 1.54) is 22.3 Å². The van der Waals surface area contributed by atoms with Crippen molar-refractivity contribution in [3.05, 3.63) is 34.4 Å². The van der Waals surface area contributed by atoms with Crippen molar-refractivity contribution in [1.82, 2.24) is 0 Å². The Bertz CT molecular complexity index is 324. The highest BCUT2D eigenvalue weighted by atomic mass is 14.6. The van der Waals surface area contributed by atoms with Gasteiger partial charge in [-0.3, -0.25) is 4.99 Å². The molecule has 0 spiro atoms. The topological polar surface area (TPSA) is 12.4 Å². The molecule has 0 fully saturated rings. The third-order valence-electron chi connectivity index (χ3n) is 2.44. The molecule has 0 unspecified atom stereocenters. The van der Waals surface area contributed by atoms with Crippen molar-refractivity contribution in [3.63, 3.8) is 0 Å². The van der Waals surface area contributed by atoms with E-state index in [2.05, 4.69) is 37.9 Å². The molecule has 0 aromatic heterocycles. The summed E-state index contributed by atoms with van der Waals surface area (Å²) in [5.74, 6) is 0. The molecule has 70 valence electrons. The minimum atomic E-state index is 1.09. The molecule has 0 saturated heterocycles. The van der Waals surface area contributed by atoms with Crippen molar-refractivity contribution in [2.75, 3.05) is 7.05 Å². The number of rotatable bonds is 2. The summed E-state index contributed by atoms with van der Waals surface area (Å²) in [4.78, 5) is 4.06. The van der Waals surface area contributed by atoms with Gasteiger partial charge >= 0.3 is 0 Å². The Morgan fingerprint density at radius 3 is 2.54 bits per heavy atom. The first-order valence-corrected chi connectivity index (χ1v) is 4.71. The van der Waals surface area contributed by atoms with E-state index >= 15 is 0 Å². The lowest BCUT2D eigenvalue weighted by molar-refractivity contribution is 1.12. The largest absolute Gasteiger partial charge is 0.296 e. The molecule has 1 heteroatoms. The van der Waals surface area contributed by atoms with E-state index in [0.717, 1.165) is 6.42 Å². The minimum absolute atomic E-state index is 1.09. The monoisotopic (exact) mass is 175 g/mol. The summed E-state index contributed by atoms with van der Waals surface area (Å²) in [6.07, 6.45) is 3.02. The first kappa shape index (κ1) is 9.97. The van der Waals surface area contributed by atoms with Gasteiger partial charge in [0.15, 0.2) is 0 Å². The summed E-state index contributed by atoms with van der Waals surface area (Å²) >= 11 is 0. The second kappa shape index (κ2) is 4.22. The SMILES string of the molecule is CCc1cc(C)c(C)c(/C=N\C)c1. The first-order chi connectivity index (χ1) is 6.19. The van der Waals surface area contributed by atoms with E-state index in [0.29, 0.717) is 0 Å². The molecule has 1 rings (SSSR count). The molecule has 1 aromatic carbocycles. The summed E-state index contributed by atoms with van der Waals surface area (Å²) in [5, 5.41) is 0. The van der Waals surface area contributed by atoms with Crippen LogP contribution in [-0.2, 0) is 6.42 Å². The number of aryl methyl sites for hydroxylation is 2. The van der Waals surface area contributed by atoms with Gasteiger partial charge in [-0.15, -0.1) is 0 Å². The molecule has 0 saturated carbocycles. The van der Waals surface area contributed by atoms with Gasteiger partial charge in [-0.1, -0.05) is 13.0 Å². The number of hydrogen-bond donors (Lipinski definition) is 0. The van der Waals surface area contributed by atoms with Crippen molar-refractivity contribution in [1.29, 1.82) is 0 Å². The molecular weight excluding hydrogens is 158 g/mol. The summed E-state index contributed by atoms with van der Waals surface area (Å²) in [5.41, 5.74) is 5.33. The van der Waals surface area contributed by atoms with Gasteiger partial charge in [-0.2, -0.15) is 0 Å². The summed E-state index contributed by atoms with van der Waals surface area (Å²) in [6.45, 7) is 6.48. The normalized spacial score (nSPS) is 11.1. The molecule has 0 aliphatic carbocycles.